The van der Waals surface area contributed by atoms with E-state index in [0.717, 1.165) is 28.4 Å². The Bertz CT molecular complexity index is 1710. The highest BCUT2D eigenvalue weighted by Crippen LogP contribution is 2.38. The normalized spacial score (nSPS) is 12.8. The van der Waals surface area contributed by atoms with Gasteiger partial charge >= 0.3 is 90.7 Å². The highest BCUT2D eigenvalue weighted by Gasteiger charge is 2.63. The van der Waals surface area contributed by atoms with Crippen LogP contribution in [0.1, 0.15) is 60.7 Å². The minimum absolute atomic E-state index is 0. The first-order valence-electron chi connectivity index (χ1n) is 23.4. The fraction of sp³-hybridized carbons (Fsp3) is 0.786. The summed E-state index contributed by atoms with van der Waals surface area (Å²) in [5.74, 6) is -1.81. The van der Waals surface area contributed by atoms with Crippen LogP contribution in [0.25, 0.3) is 0 Å². The molecule has 0 saturated heterocycles. The molecule has 0 rings (SSSR count). The van der Waals surface area contributed by atoms with E-state index in [0.29, 0.717) is 24.6 Å². The summed E-state index contributed by atoms with van der Waals surface area (Å²) >= 11 is 0. The monoisotopic (exact) mass is 1280 g/mol. The molecule has 0 aromatic rings. The molecule has 2 N–H and O–H groups in total. The number of alkyl halides is 9. The van der Waals surface area contributed by atoms with E-state index in [9.17, 15) is 53.9 Å². The van der Waals surface area contributed by atoms with Crippen molar-refractivity contribution in [2.45, 2.75) is 114 Å². The van der Waals surface area contributed by atoms with Crippen LogP contribution in [-0.2, 0) is 94.1 Å². The molecule has 0 spiro atoms. The van der Waals surface area contributed by atoms with Gasteiger partial charge in [-0.3, -0.25) is 0 Å². The summed E-state index contributed by atoms with van der Waals surface area (Å²) in [6.45, 7) is 14.8. The molecule has 0 atom stereocenters. The third kappa shape index (κ3) is 34.8. The van der Waals surface area contributed by atoms with Crippen molar-refractivity contribution in [1.29, 1.82) is 0 Å². The van der Waals surface area contributed by atoms with Gasteiger partial charge in [0, 0.05) is 158 Å². The van der Waals surface area contributed by atoms with E-state index < -0.39 is 121 Å². The Hall–Kier alpha value is -2.34. The molecule has 470 valence electrons. The van der Waals surface area contributed by atoms with Crippen LogP contribution in [0.5, 0.6) is 0 Å². The summed E-state index contributed by atoms with van der Waals surface area (Å²) in [6.07, 6.45) is -16.9. The number of carbonyl (C=O) groups excluding carboxylic acids is 3. The number of hydrogen-bond donors (Lipinski definition) is 0. The largest absolute Gasteiger partial charge is 1.00 e. The van der Waals surface area contributed by atoms with Gasteiger partial charge in [0.25, 0.3) is 0 Å². The van der Waals surface area contributed by atoms with Crippen molar-refractivity contribution in [2.75, 3.05) is 105 Å². The van der Waals surface area contributed by atoms with E-state index in [-0.39, 0.29) is 62.2 Å². The molecule has 0 aliphatic rings. The first kappa shape index (κ1) is 83.1. The second-order valence-corrected chi connectivity index (χ2v) is 34.8. The Morgan fingerprint density at radius 3 is 0.722 bits per heavy atom. The Morgan fingerprint density at radius 2 is 0.519 bits per heavy atom. The maximum absolute atomic E-state index is 13.5. The molecule has 79 heavy (non-hydrogen) atoms. The molecule has 0 aliphatic carbocycles. The molecule has 0 radical (unpaired) electrons. The van der Waals surface area contributed by atoms with E-state index in [1.807, 2.05) is 0 Å². The van der Waals surface area contributed by atoms with Gasteiger partial charge in [0.2, 0.25) is 0 Å². The van der Waals surface area contributed by atoms with Crippen molar-refractivity contribution in [3.63, 3.8) is 0 Å². The number of esters is 3. The van der Waals surface area contributed by atoms with Gasteiger partial charge in [-0.1, -0.05) is 19.7 Å². The van der Waals surface area contributed by atoms with Crippen LogP contribution in [0.4, 0.5) is 39.5 Å². The average Bonchev–Trinajstić information content (AvgIpc) is 3.38. The van der Waals surface area contributed by atoms with Crippen LogP contribution in [0.3, 0.4) is 0 Å². The fourth-order valence-corrected chi connectivity index (χ4v) is 25.1. The van der Waals surface area contributed by atoms with Crippen LogP contribution in [0.2, 0.25) is 36.3 Å². The van der Waals surface area contributed by atoms with Gasteiger partial charge in [0.15, 0.2) is 0 Å². The van der Waals surface area contributed by atoms with Gasteiger partial charge < -0.3 is 85.1 Å². The van der Waals surface area contributed by atoms with Crippen molar-refractivity contribution in [3.8, 4) is 0 Å². The molecule has 0 saturated carbocycles. The molecular weight excluding hydrogens is 1200 g/mol. The van der Waals surface area contributed by atoms with Gasteiger partial charge in [-0.05, 0) is 40.0 Å². The Morgan fingerprint density at radius 1 is 0.342 bits per heavy atom. The fourth-order valence-electron chi connectivity index (χ4n) is 5.92. The number of halogens is 9. The Labute approximate surface area is 465 Å². The number of rotatable bonds is 39. The van der Waals surface area contributed by atoms with Gasteiger partial charge in [0.1, 0.15) is 0 Å². The molecule has 0 aromatic carbocycles. The summed E-state index contributed by atoms with van der Waals surface area (Å²) < 4.78 is 214. The summed E-state index contributed by atoms with van der Waals surface area (Å²) in [5, 5.41) is 0. The summed E-state index contributed by atoms with van der Waals surface area (Å²) in [7, 11) is -8.40. The van der Waals surface area contributed by atoms with Gasteiger partial charge in [-0.25, -0.2) is 14.4 Å². The highest BCUT2D eigenvalue weighted by atomic mass is 28.5. The highest BCUT2D eigenvalue weighted by molar-refractivity contribution is 6.85. The summed E-state index contributed by atoms with van der Waals surface area (Å²) in [5.41, 5.74) is 0.602. The maximum Gasteiger partial charge on any atom is 1.00 e. The van der Waals surface area contributed by atoms with E-state index in [2.05, 4.69) is 19.7 Å². The molecule has 37 heteroatoms. The van der Waals surface area contributed by atoms with Crippen LogP contribution < -0.4 is 0 Å². The topological polar surface area (TPSA) is 249 Å². The first-order chi connectivity index (χ1) is 36.0. The van der Waals surface area contributed by atoms with E-state index in [1.54, 1.807) is 28.3 Å². The second-order valence-electron chi connectivity index (χ2n) is 16.3. The summed E-state index contributed by atoms with van der Waals surface area (Å²) in [6, 6.07) is -1.86. The molecule has 0 amide bonds. The molecule has 0 aliphatic heterocycles. The van der Waals surface area contributed by atoms with Crippen molar-refractivity contribution >= 4 is 70.7 Å². The van der Waals surface area contributed by atoms with Crippen molar-refractivity contribution in [3.05, 3.63) is 36.5 Å². The van der Waals surface area contributed by atoms with Gasteiger partial charge in [-0.2, -0.15) is 39.5 Å². The third-order valence-corrected chi connectivity index (χ3v) is 30.8. The lowest BCUT2D eigenvalue weighted by Gasteiger charge is -2.44. The molecule has 0 unspecified atom stereocenters. The SMILES string of the molecule is C=C(C)C(=O)OCCC[Si](OC)(OC)OC.C=C(C)C(=O)OCCC[Si](OC)(OC)O[Si](CCCOC(=O)C(=C)C)(O[Si](CCC(F)(F)F)(OC)OC)O[Si](CCC(F)(F)F)(OC)OC.CO[Si](CCC(F)(F)F)(OC)OC.O.[H+]. The zero-order valence-corrected chi connectivity index (χ0v) is 53.7. The minimum Gasteiger partial charge on any atom is -0.462 e. The molecule has 22 nitrogen and oxygen atoms in total. The Balaban J connectivity index is -0.000000490. The number of carbonyl (C=O) groups is 3. The van der Waals surface area contributed by atoms with E-state index >= 15 is 0 Å². The van der Waals surface area contributed by atoms with Crippen molar-refractivity contribution in [2.24, 2.45) is 0 Å². The standard InChI is InChI=1S/C26H48F6O13Si4.C10H20O5Si.C6H13F3O3Si.H2O/c1-21(2)23(33)41-15-11-17-46(35-5,36-6)43-49(18-12-16-42-24(34)22(3)4,44-47(37-7,38-8)19-13-25(27,28)29)45-48(39-9,40-10)20-14-26(30,31)32;1-9(2)10(11)15-7-6-8-16(12-3,13-4)14-5;1-10-13(11-2,12-3)5-4-6(7,8)9;/h1,3,11-20H2,2,4-10H3;1,6-8H2,2-5H3;4-5H2,1-3H3;1H2/p+1. The van der Waals surface area contributed by atoms with Crippen LogP contribution in [0.15, 0.2) is 36.5 Å². The Kier molecular flexibility index (Phi) is 42.1. The lowest BCUT2D eigenvalue weighted by Crippen LogP contribution is -2.68. The molecule has 0 heterocycles. The van der Waals surface area contributed by atoms with Crippen LogP contribution >= 0.6 is 0 Å². The lowest BCUT2D eigenvalue weighted by molar-refractivity contribution is -0.139. The minimum atomic E-state index is -4.85. The van der Waals surface area contributed by atoms with E-state index in [4.69, 9.17) is 79.7 Å². The number of ether oxygens (including phenoxy) is 3. The van der Waals surface area contributed by atoms with E-state index in [1.165, 1.54) is 49.4 Å². The second kappa shape index (κ2) is 40.0. The first-order valence-corrected chi connectivity index (χ1v) is 34.9. The van der Waals surface area contributed by atoms with Crippen molar-refractivity contribution in [1.82, 2.24) is 0 Å². The van der Waals surface area contributed by atoms with Crippen LogP contribution in [-0.4, -0.2) is 200 Å². The maximum atomic E-state index is 13.5. The third-order valence-electron chi connectivity index (χ3n) is 10.4. The predicted octanol–water partition coefficient (Wildman–Crippen LogP) is 8.07. The zero-order chi connectivity index (χ0) is 61.3. The van der Waals surface area contributed by atoms with Gasteiger partial charge in [0.05, 0.1) is 19.8 Å². The zero-order valence-electron chi connectivity index (χ0n) is 48.7. The molecule has 0 aromatic heterocycles. The smallest absolute Gasteiger partial charge is 0.462 e. The quantitative estimate of drug-likeness (QED) is 0.0141. The lowest BCUT2D eigenvalue weighted by atomic mass is 10.4. The van der Waals surface area contributed by atoms with Crippen molar-refractivity contribution < 1.29 is 140 Å². The average molecular weight is 1280 g/mol. The molecule has 0 bridgehead atoms. The molecular formula is C42H84F9O22Si6+. The number of hydrogen-bond acceptors (Lipinski definition) is 21. The summed E-state index contributed by atoms with van der Waals surface area (Å²) in [4.78, 5) is 35.0. The van der Waals surface area contributed by atoms with Crippen LogP contribution in [0, 0.1) is 0 Å². The van der Waals surface area contributed by atoms with Gasteiger partial charge in [-0.15, -0.1) is 0 Å². The predicted molar refractivity (Wildman–Crippen MR) is 279 cm³/mol. The molecule has 0 fully saturated rings.